The van der Waals surface area contributed by atoms with E-state index in [0.29, 0.717) is 17.5 Å². The number of rotatable bonds is 7. The third-order valence-electron chi connectivity index (χ3n) is 11.2. The Balaban J connectivity index is 1.12. The van der Waals surface area contributed by atoms with Crippen LogP contribution in [0.2, 0.25) is 0 Å². The fourth-order valence-electron chi connectivity index (χ4n) is 8.40. The van der Waals surface area contributed by atoms with Gasteiger partial charge in [0.1, 0.15) is 11.2 Å². The van der Waals surface area contributed by atoms with Crippen LogP contribution >= 0.6 is 0 Å². The molecule has 0 atom stereocenters. The van der Waals surface area contributed by atoms with E-state index in [-0.39, 0.29) is 0 Å². The van der Waals surface area contributed by atoms with Crippen LogP contribution in [0.25, 0.3) is 111 Å². The standard InChI is InChI=1S/C55H35N3O/c1-4-16-36(17-5-1)37-32-34-40(35-33-37)53-56-54(47-28-13-25-43-42(24-12-26-45(43)47)39-20-8-3-9-21-39)58-55(57-53)49-30-15-31-50-51(49)48-29-14-27-46(52(48)59-50)44-23-11-10-22-41(44)38-18-6-2-7-19-38/h1-35H. The summed E-state index contributed by atoms with van der Waals surface area (Å²) in [5.41, 5.74) is 13.4. The van der Waals surface area contributed by atoms with Gasteiger partial charge in [0.05, 0.1) is 0 Å². The van der Waals surface area contributed by atoms with E-state index in [9.17, 15) is 0 Å². The van der Waals surface area contributed by atoms with Gasteiger partial charge >= 0.3 is 0 Å². The van der Waals surface area contributed by atoms with E-state index in [4.69, 9.17) is 19.4 Å². The van der Waals surface area contributed by atoms with Crippen molar-refractivity contribution in [3.8, 4) is 78.7 Å². The van der Waals surface area contributed by atoms with Gasteiger partial charge in [0.15, 0.2) is 17.5 Å². The average molecular weight is 754 g/mol. The smallest absolute Gasteiger partial charge is 0.164 e. The van der Waals surface area contributed by atoms with E-state index >= 15 is 0 Å². The van der Waals surface area contributed by atoms with Crippen molar-refractivity contribution in [2.45, 2.75) is 0 Å². The van der Waals surface area contributed by atoms with Crippen molar-refractivity contribution < 1.29 is 4.42 Å². The molecule has 0 aliphatic carbocycles. The Morgan fingerprint density at radius 2 is 0.695 bits per heavy atom. The SMILES string of the molecule is c1ccc(-c2ccc(-c3nc(-c4cccc5c(-c6ccccc6)cccc45)nc(-c4cccc5oc6c(-c7ccccc7-c7ccccc7)cccc6c45)n3)cc2)cc1. The topological polar surface area (TPSA) is 51.8 Å². The molecule has 11 aromatic rings. The number of hydrogen-bond donors (Lipinski definition) is 0. The predicted octanol–water partition coefficient (Wildman–Crippen LogP) is 14.6. The van der Waals surface area contributed by atoms with Gasteiger partial charge in [-0.2, -0.15) is 0 Å². The summed E-state index contributed by atoms with van der Waals surface area (Å²) in [6.07, 6.45) is 0. The van der Waals surface area contributed by atoms with Gasteiger partial charge in [-0.05, 0) is 55.8 Å². The van der Waals surface area contributed by atoms with Crippen LogP contribution in [-0.2, 0) is 0 Å². The highest BCUT2D eigenvalue weighted by molar-refractivity contribution is 6.15. The van der Waals surface area contributed by atoms with Crippen LogP contribution in [0.1, 0.15) is 0 Å². The lowest BCUT2D eigenvalue weighted by molar-refractivity contribution is 0.670. The fourth-order valence-corrected chi connectivity index (χ4v) is 8.40. The van der Waals surface area contributed by atoms with Crippen LogP contribution in [0.15, 0.2) is 217 Å². The van der Waals surface area contributed by atoms with E-state index in [1.165, 1.54) is 0 Å². The highest BCUT2D eigenvalue weighted by Gasteiger charge is 2.21. The van der Waals surface area contributed by atoms with Crippen molar-refractivity contribution >= 4 is 32.7 Å². The maximum Gasteiger partial charge on any atom is 0.164 e. The maximum absolute atomic E-state index is 6.82. The first-order chi connectivity index (χ1) is 29.3. The molecule has 0 bridgehead atoms. The summed E-state index contributed by atoms with van der Waals surface area (Å²) >= 11 is 0. The van der Waals surface area contributed by atoms with Crippen LogP contribution in [0.5, 0.6) is 0 Å². The van der Waals surface area contributed by atoms with Crippen molar-refractivity contribution in [2.75, 3.05) is 0 Å². The largest absolute Gasteiger partial charge is 0.455 e. The van der Waals surface area contributed by atoms with Gasteiger partial charge in [0.2, 0.25) is 0 Å². The Bertz CT molecular complexity index is 3300. The molecule has 0 N–H and O–H groups in total. The summed E-state index contributed by atoms with van der Waals surface area (Å²) in [5.74, 6) is 1.79. The fraction of sp³-hybridized carbons (Fsp3) is 0. The summed E-state index contributed by atoms with van der Waals surface area (Å²) < 4.78 is 6.82. The molecule has 0 aliphatic heterocycles. The molecular weight excluding hydrogens is 719 g/mol. The highest BCUT2D eigenvalue weighted by Crippen LogP contribution is 2.43. The second-order valence-corrected chi connectivity index (χ2v) is 14.7. The average Bonchev–Trinajstić information content (AvgIpc) is 3.71. The Kier molecular flexibility index (Phi) is 8.45. The van der Waals surface area contributed by atoms with Crippen LogP contribution < -0.4 is 0 Å². The number of furan rings is 1. The van der Waals surface area contributed by atoms with Gasteiger partial charge < -0.3 is 4.42 Å². The third kappa shape index (κ3) is 6.15. The zero-order valence-corrected chi connectivity index (χ0v) is 32.0. The third-order valence-corrected chi connectivity index (χ3v) is 11.2. The summed E-state index contributed by atoms with van der Waals surface area (Å²) in [4.78, 5) is 15.8. The molecule has 0 amide bonds. The second-order valence-electron chi connectivity index (χ2n) is 14.7. The lowest BCUT2D eigenvalue weighted by Gasteiger charge is -2.13. The molecule has 0 saturated heterocycles. The molecule has 2 heterocycles. The van der Waals surface area contributed by atoms with Gasteiger partial charge in [-0.25, -0.2) is 15.0 Å². The van der Waals surface area contributed by atoms with E-state index in [0.717, 1.165) is 93.9 Å². The minimum atomic E-state index is 0.580. The lowest BCUT2D eigenvalue weighted by atomic mass is 9.93. The molecule has 0 saturated carbocycles. The number of para-hydroxylation sites is 1. The van der Waals surface area contributed by atoms with Gasteiger partial charge in [-0.3, -0.25) is 0 Å². The number of benzene rings is 9. The molecule has 0 unspecified atom stereocenters. The first kappa shape index (κ1) is 34.3. The Morgan fingerprint density at radius 1 is 0.254 bits per heavy atom. The summed E-state index contributed by atoms with van der Waals surface area (Å²) in [5, 5.41) is 4.18. The van der Waals surface area contributed by atoms with E-state index < -0.39 is 0 Å². The molecule has 4 heteroatoms. The lowest BCUT2D eigenvalue weighted by Crippen LogP contribution is -2.01. The maximum atomic E-state index is 6.82. The van der Waals surface area contributed by atoms with E-state index in [1.54, 1.807) is 0 Å². The zero-order valence-electron chi connectivity index (χ0n) is 32.0. The van der Waals surface area contributed by atoms with Crippen LogP contribution in [0.3, 0.4) is 0 Å². The van der Waals surface area contributed by atoms with Gasteiger partial charge in [-0.1, -0.05) is 206 Å². The molecule has 59 heavy (non-hydrogen) atoms. The Hall–Kier alpha value is -7.95. The van der Waals surface area contributed by atoms with Crippen LogP contribution in [0, 0.1) is 0 Å². The molecule has 0 fully saturated rings. The highest BCUT2D eigenvalue weighted by atomic mass is 16.3. The first-order valence-corrected chi connectivity index (χ1v) is 19.9. The Morgan fingerprint density at radius 3 is 1.39 bits per heavy atom. The molecule has 0 spiro atoms. The zero-order chi connectivity index (χ0) is 39.1. The van der Waals surface area contributed by atoms with Crippen molar-refractivity contribution in [3.05, 3.63) is 212 Å². The number of aromatic nitrogens is 3. The molecule has 11 rings (SSSR count). The Labute approximate surface area is 341 Å². The second kappa shape index (κ2) is 14.5. The van der Waals surface area contributed by atoms with Crippen LogP contribution in [-0.4, -0.2) is 15.0 Å². The van der Waals surface area contributed by atoms with E-state index in [2.05, 4.69) is 188 Å². The van der Waals surface area contributed by atoms with E-state index in [1.807, 2.05) is 24.3 Å². The summed E-state index contributed by atoms with van der Waals surface area (Å²) in [6, 6.07) is 73.9. The molecule has 9 aromatic carbocycles. The minimum Gasteiger partial charge on any atom is -0.455 e. The van der Waals surface area contributed by atoms with Gasteiger partial charge in [0.25, 0.3) is 0 Å². The first-order valence-electron chi connectivity index (χ1n) is 19.9. The summed E-state index contributed by atoms with van der Waals surface area (Å²) in [6.45, 7) is 0. The van der Waals surface area contributed by atoms with Crippen molar-refractivity contribution in [1.29, 1.82) is 0 Å². The molecule has 4 nitrogen and oxygen atoms in total. The summed E-state index contributed by atoms with van der Waals surface area (Å²) in [7, 11) is 0. The van der Waals surface area contributed by atoms with Gasteiger partial charge in [-0.15, -0.1) is 0 Å². The van der Waals surface area contributed by atoms with Crippen molar-refractivity contribution in [1.82, 2.24) is 15.0 Å². The monoisotopic (exact) mass is 753 g/mol. The predicted molar refractivity (Wildman–Crippen MR) is 243 cm³/mol. The quantitative estimate of drug-likeness (QED) is 0.163. The minimum absolute atomic E-state index is 0.580. The van der Waals surface area contributed by atoms with Crippen molar-refractivity contribution in [2.24, 2.45) is 0 Å². The number of fused-ring (bicyclic) bond motifs is 4. The molecule has 0 radical (unpaired) electrons. The van der Waals surface area contributed by atoms with Gasteiger partial charge in [0, 0.05) is 33.0 Å². The van der Waals surface area contributed by atoms with Crippen LogP contribution in [0.4, 0.5) is 0 Å². The molecule has 0 aliphatic rings. The molecule has 2 aromatic heterocycles. The number of nitrogens with zero attached hydrogens (tertiary/aromatic N) is 3. The van der Waals surface area contributed by atoms with Crippen molar-refractivity contribution in [3.63, 3.8) is 0 Å². The number of hydrogen-bond acceptors (Lipinski definition) is 4. The normalized spacial score (nSPS) is 11.4. The molecular formula is C55H35N3O. The molecule has 276 valence electrons.